The molecule has 1 fully saturated rings. The molecule has 2 N–H and O–H groups in total. The molecule has 0 saturated carbocycles. The molecule has 0 aliphatic carbocycles. The van der Waals surface area contributed by atoms with Crippen LogP contribution in [0.3, 0.4) is 0 Å². The van der Waals surface area contributed by atoms with Crippen molar-refractivity contribution in [3.63, 3.8) is 0 Å². The predicted molar refractivity (Wildman–Crippen MR) is 83.5 cm³/mol. The second-order valence-electron chi connectivity index (χ2n) is 5.72. The van der Waals surface area contributed by atoms with Gasteiger partial charge in [-0.1, -0.05) is 17.7 Å². The lowest BCUT2D eigenvalue weighted by Gasteiger charge is -2.22. The third-order valence-corrected chi connectivity index (χ3v) is 5.20. The molecule has 1 aliphatic rings. The van der Waals surface area contributed by atoms with Crippen LogP contribution in [-0.2, 0) is 10.0 Å². The Morgan fingerprint density at radius 3 is 2.60 bits per heavy atom. The Morgan fingerprint density at radius 1 is 1.25 bits per heavy atom. The van der Waals surface area contributed by atoms with E-state index >= 15 is 0 Å². The van der Waals surface area contributed by atoms with Gasteiger partial charge in [0.1, 0.15) is 0 Å². The van der Waals surface area contributed by atoms with E-state index in [-0.39, 0.29) is 5.75 Å². The van der Waals surface area contributed by atoms with Gasteiger partial charge in [-0.15, -0.1) is 0 Å². The smallest absolute Gasteiger partial charge is 0.232 e. The average molecular weight is 296 g/mol. The van der Waals surface area contributed by atoms with Gasteiger partial charge in [-0.25, -0.2) is 8.42 Å². The summed E-state index contributed by atoms with van der Waals surface area (Å²) in [6.07, 6.45) is 2.92. The lowest BCUT2D eigenvalue weighted by molar-refractivity contribution is 0.365. The second kappa shape index (κ2) is 6.59. The minimum absolute atomic E-state index is 0.213. The summed E-state index contributed by atoms with van der Waals surface area (Å²) < 4.78 is 27.0. The van der Waals surface area contributed by atoms with Gasteiger partial charge in [0, 0.05) is 0 Å². The maximum Gasteiger partial charge on any atom is 0.232 e. The van der Waals surface area contributed by atoms with Crippen molar-refractivity contribution in [1.29, 1.82) is 0 Å². The molecule has 0 amide bonds. The molecule has 0 bridgehead atoms. The first kappa shape index (κ1) is 15.3. The van der Waals surface area contributed by atoms with E-state index in [0.717, 1.165) is 43.5 Å². The van der Waals surface area contributed by atoms with Crippen LogP contribution in [0.5, 0.6) is 0 Å². The molecule has 0 spiro atoms. The number of sulfonamides is 1. The zero-order valence-corrected chi connectivity index (χ0v) is 13.1. The summed E-state index contributed by atoms with van der Waals surface area (Å²) in [5.74, 6) is 0.747. The number of anilines is 1. The maximum atomic E-state index is 12.2. The standard InChI is InChI=1S/C15H24N2O2S/c1-12-3-4-15(13(2)11-12)17-20(18,19)10-7-14-5-8-16-9-6-14/h3-4,11,14,16-17H,5-10H2,1-2H3. The summed E-state index contributed by atoms with van der Waals surface area (Å²) in [6.45, 7) is 5.95. The summed E-state index contributed by atoms with van der Waals surface area (Å²) >= 11 is 0. The largest absolute Gasteiger partial charge is 0.317 e. The molecule has 0 aromatic heterocycles. The Hall–Kier alpha value is -1.07. The predicted octanol–water partition coefficient (Wildman–Crippen LogP) is 2.43. The lowest BCUT2D eigenvalue weighted by Crippen LogP contribution is -2.29. The molecule has 0 unspecified atom stereocenters. The Bertz CT molecular complexity index is 549. The van der Waals surface area contributed by atoms with Gasteiger partial charge >= 0.3 is 0 Å². The van der Waals surface area contributed by atoms with Crippen LogP contribution < -0.4 is 10.0 Å². The van der Waals surface area contributed by atoms with Crippen molar-refractivity contribution in [3.8, 4) is 0 Å². The van der Waals surface area contributed by atoms with Crippen LogP contribution in [0.2, 0.25) is 0 Å². The molecule has 1 heterocycles. The molecule has 20 heavy (non-hydrogen) atoms. The van der Waals surface area contributed by atoms with Crippen LogP contribution in [0, 0.1) is 19.8 Å². The van der Waals surface area contributed by atoms with E-state index in [2.05, 4.69) is 10.0 Å². The van der Waals surface area contributed by atoms with Crippen molar-refractivity contribution < 1.29 is 8.42 Å². The Kier molecular flexibility index (Phi) is 5.05. The van der Waals surface area contributed by atoms with Crippen LogP contribution in [0.15, 0.2) is 18.2 Å². The first-order valence-corrected chi connectivity index (χ1v) is 8.90. The molecular formula is C15H24N2O2S. The highest BCUT2D eigenvalue weighted by atomic mass is 32.2. The third kappa shape index (κ3) is 4.49. The number of benzene rings is 1. The van der Waals surface area contributed by atoms with Gasteiger partial charge in [0.15, 0.2) is 0 Å². The molecule has 2 rings (SSSR count). The van der Waals surface area contributed by atoms with Crippen LogP contribution in [0.25, 0.3) is 0 Å². The molecule has 0 radical (unpaired) electrons. The molecular weight excluding hydrogens is 272 g/mol. The Morgan fingerprint density at radius 2 is 1.95 bits per heavy atom. The highest BCUT2D eigenvalue weighted by Gasteiger charge is 2.18. The summed E-state index contributed by atoms with van der Waals surface area (Å²) in [5, 5.41) is 3.30. The van der Waals surface area contributed by atoms with Gasteiger partial charge in [-0.3, -0.25) is 4.72 Å². The molecule has 5 heteroatoms. The first-order valence-electron chi connectivity index (χ1n) is 7.25. The summed E-state index contributed by atoms with van der Waals surface area (Å²) in [5.41, 5.74) is 2.80. The van der Waals surface area contributed by atoms with Gasteiger partial charge < -0.3 is 5.32 Å². The molecule has 1 aromatic rings. The Labute approximate surface area is 122 Å². The van der Waals surface area contributed by atoms with Gasteiger partial charge in [-0.05, 0) is 63.7 Å². The fourth-order valence-electron chi connectivity index (χ4n) is 2.64. The zero-order valence-electron chi connectivity index (χ0n) is 12.3. The highest BCUT2D eigenvalue weighted by Crippen LogP contribution is 2.20. The minimum Gasteiger partial charge on any atom is -0.317 e. The molecule has 0 atom stereocenters. The van der Waals surface area contributed by atoms with Crippen LogP contribution in [0.4, 0.5) is 5.69 Å². The van der Waals surface area contributed by atoms with Crippen LogP contribution >= 0.6 is 0 Å². The van der Waals surface area contributed by atoms with Gasteiger partial charge in [0.05, 0.1) is 11.4 Å². The van der Waals surface area contributed by atoms with Gasteiger partial charge in [0.2, 0.25) is 10.0 Å². The Balaban J connectivity index is 1.93. The zero-order chi connectivity index (χ0) is 14.6. The normalized spacial score (nSPS) is 17.1. The van der Waals surface area contributed by atoms with E-state index in [1.807, 2.05) is 32.0 Å². The summed E-state index contributed by atoms with van der Waals surface area (Å²) in [6, 6.07) is 5.76. The van der Waals surface area contributed by atoms with E-state index in [9.17, 15) is 8.42 Å². The van der Waals surface area contributed by atoms with Gasteiger partial charge in [0.25, 0.3) is 0 Å². The van der Waals surface area contributed by atoms with Crippen LogP contribution in [0.1, 0.15) is 30.4 Å². The molecule has 4 nitrogen and oxygen atoms in total. The lowest BCUT2D eigenvalue weighted by atomic mass is 9.96. The van der Waals surface area contributed by atoms with E-state index < -0.39 is 10.0 Å². The SMILES string of the molecule is Cc1ccc(NS(=O)(=O)CCC2CCNCC2)c(C)c1. The fraction of sp³-hybridized carbons (Fsp3) is 0.600. The number of nitrogens with one attached hydrogen (secondary N) is 2. The van der Waals surface area contributed by atoms with Crippen molar-refractivity contribution >= 4 is 15.7 Å². The van der Waals surface area contributed by atoms with E-state index in [0.29, 0.717) is 11.6 Å². The number of piperidine rings is 1. The molecule has 1 saturated heterocycles. The van der Waals surface area contributed by atoms with Crippen molar-refractivity contribution in [3.05, 3.63) is 29.3 Å². The number of aryl methyl sites for hydroxylation is 2. The number of rotatable bonds is 5. The van der Waals surface area contributed by atoms with Crippen molar-refractivity contribution in [1.82, 2.24) is 5.32 Å². The van der Waals surface area contributed by atoms with Crippen molar-refractivity contribution in [2.75, 3.05) is 23.6 Å². The minimum atomic E-state index is -3.24. The topological polar surface area (TPSA) is 58.2 Å². The van der Waals surface area contributed by atoms with Gasteiger partial charge in [-0.2, -0.15) is 0 Å². The van der Waals surface area contributed by atoms with Crippen LogP contribution in [-0.4, -0.2) is 27.3 Å². The molecule has 1 aliphatic heterocycles. The molecule has 1 aromatic carbocycles. The van der Waals surface area contributed by atoms with E-state index in [1.54, 1.807) is 0 Å². The second-order valence-corrected chi connectivity index (χ2v) is 7.56. The summed E-state index contributed by atoms with van der Waals surface area (Å²) in [7, 11) is -3.24. The monoisotopic (exact) mass is 296 g/mol. The first-order chi connectivity index (χ1) is 9.46. The molecule has 112 valence electrons. The van der Waals surface area contributed by atoms with Crippen molar-refractivity contribution in [2.24, 2.45) is 5.92 Å². The quantitative estimate of drug-likeness (QED) is 0.877. The summed E-state index contributed by atoms with van der Waals surface area (Å²) in [4.78, 5) is 0. The third-order valence-electron chi connectivity index (χ3n) is 3.90. The maximum absolute atomic E-state index is 12.2. The van der Waals surface area contributed by atoms with Crippen molar-refractivity contribution in [2.45, 2.75) is 33.1 Å². The van der Waals surface area contributed by atoms with E-state index in [1.165, 1.54) is 0 Å². The number of hydrogen-bond donors (Lipinski definition) is 2. The number of hydrogen-bond acceptors (Lipinski definition) is 3. The average Bonchev–Trinajstić information content (AvgIpc) is 2.41. The highest BCUT2D eigenvalue weighted by molar-refractivity contribution is 7.92. The van der Waals surface area contributed by atoms with E-state index in [4.69, 9.17) is 0 Å². The fourth-order valence-corrected chi connectivity index (χ4v) is 3.95.